The summed E-state index contributed by atoms with van der Waals surface area (Å²) in [7, 11) is 0. The maximum absolute atomic E-state index is 12.4. The molecule has 3 rings (SSSR count). The van der Waals surface area contributed by atoms with Crippen LogP contribution in [0.15, 0.2) is 42.5 Å². The van der Waals surface area contributed by atoms with Crippen molar-refractivity contribution < 1.29 is 9.53 Å². The van der Waals surface area contributed by atoms with Gasteiger partial charge in [-0.05, 0) is 31.5 Å². The number of nitrogens with two attached hydrogens (primary N) is 1. The summed E-state index contributed by atoms with van der Waals surface area (Å²) in [5.74, 6) is 0.547. The van der Waals surface area contributed by atoms with Gasteiger partial charge in [0.1, 0.15) is 0 Å². The van der Waals surface area contributed by atoms with Gasteiger partial charge in [-0.25, -0.2) is 0 Å². The highest BCUT2D eigenvalue weighted by atomic mass is 16.5. The van der Waals surface area contributed by atoms with Crippen molar-refractivity contribution >= 4 is 17.3 Å². The Morgan fingerprint density at radius 1 is 1.19 bits per heavy atom. The van der Waals surface area contributed by atoms with Crippen LogP contribution in [0.1, 0.15) is 18.1 Å². The second-order valence-corrected chi connectivity index (χ2v) is 5.37. The molecule has 0 saturated carbocycles. The summed E-state index contributed by atoms with van der Waals surface area (Å²) in [6.07, 6.45) is -0.521. The van der Waals surface area contributed by atoms with Gasteiger partial charge in [0, 0.05) is 0 Å². The van der Waals surface area contributed by atoms with E-state index in [1.165, 1.54) is 5.56 Å². The summed E-state index contributed by atoms with van der Waals surface area (Å²) in [6.45, 7) is 4.31. The average Bonchev–Trinajstić information content (AvgIpc) is 2.47. The quantitative estimate of drug-likeness (QED) is 0.862. The third-order valence-electron chi connectivity index (χ3n) is 3.69. The van der Waals surface area contributed by atoms with Gasteiger partial charge in [0.05, 0.1) is 17.9 Å². The smallest absolute Gasteiger partial charge is 0.268 e. The topological polar surface area (TPSA) is 55.6 Å². The molecule has 21 heavy (non-hydrogen) atoms. The van der Waals surface area contributed by atoms with Gasteiger partial charge in [0.25, 0.3) is 5.91 Å². The number of hydrogen-bond acceptors (Lipinski definition) is 3. The van der Waals surface area contributed by atoms with Gasteiger partial charge in [-0.3, -0.25) is 4.79 Å². The standard InChI is InChI=1S/C17H18N2O2/c1-11-6-8-13(9-7-11)10-19-15-5-3-4-14(18)16(15)21-12(2)17(19)20/h3-9,12H,10,18H2,1-2H3. The van der Waals surface area contributed by atoms with Gasteiger partial charge in [-0.1, -0.05) is 35.9 Å². The number of nitrogen functional groups attached to an aromatic ring is 1. The van der Waals surface area contributed by atoms with E-state index in [4.69, 9.17) is 10.5 Å². The lowest BCUT2D eigenvalue weighted by Gasteiger charge is -2.33. The minimum atomic E-state index is -0.521. The number of fused-ring (bicyclic) bond motifs is 1. The minimum Gasteiger partial charge on any atom is -0.477 e. The molecule has 1 aliphatic heterocycles. The second-order valence-electron chi connectivity index (χ2n) is 5.37. The lowest BCUT2D eigenvalue weighted by molar-refractivity contribution is -0.125. The Bertz CT molecular complexity index is 680. The molecule has 4 nitrogen and oxygen atoms in total. The van der Waals surface area contributed by atoms with Crippen LogP contribution in [-0.4, -0.2) is 12.0 Å². The zero-order valence-electron chi connectivity index (χ0n) is 12.2. The average molecular weight is 282 g/mol. The Morgan fingerprint density at radius 3 is 2.62 bits per heavy atom. The summed E-state index contributed by atoms with van der Waals surface area (Å²) in [5.41, 5.74) is 9.53. The molecule has 4 heteroatoms. The number of nitrogens with zero attached hydrogens (tertiary/aromatic N) is 1. The largest absolute Gasteiger partial charge is 0.477 e. The van der Waals surface area contributed by atoms with Gasteiger partial charge in [-0.2, -0.15) is 0 Å². The predicted molar refractivity (Wildman–Crippen MR) is 83.3 cm³/mol. The molecule has 1 amide bonds. The van der Waals surface area contributed by atoms with Crippen molar-refractivity contribution in [2.45, 2.75) is 26.5 Å². The van der Waals surface area contributed by atoms with Crippen LogP contribution < -0.4 is 15.4 Å². The van der Waals surface area contributed by atoms with E-state index < -0.39 is 6.10 Å². The molecule has 2 aromatic rings. The van der Waals surface area contributed by atoms with E-state index in [9.17, 15) is 4.79 Å². The summed E-state index contributed by atoms with van der Waals surface area (Å²) < 4.78 is 5.65. The zero-order valence-corrected chi connectivity index (χ0v) is 12.2. The third kappa shape index (κ3) is 2.44. The van der Waals surface area contributed by atoms with E-state index in [1.807, 2.05) is 43.3 Å². The Kier molecular flexibility index (Phi) is 3.29. The number of rotatable bonds is 2. The molecule has 108 valence electrons. The molecule has 0 spiro atoms. The first kappa shape index (κ1) is 13.5. The highest BCUT2D eigenvalue weighted by molar-refractivity contribution is 6.00. The Balaban J connectivity index is 1.99. The molecule has 1 atom stereocenters. The number of anilines is 2. The Hall–Kier alpha value is -2.49. The lowest BCUT2D eigenvalue weighted by atomic mass is 10.1. The van der Waals surface area contributed by atoms with Crippen molar-refractivity contribution in [1.29, 1.82) is 0 Å². The fraction of sp³-hybridized carbons (Fsp3) is 0.235. The number of para-hydroxylation sites is 1. The van der Waals surface area contributed by atoms with E-state index in [0.29, 0.717) is 18.0 Å². The molecule has 1 heterocycles. The molecule has 0 fully saturated rings. The Labute approximate surface area is 124 Å². The number of hydrogen-bond donors (Lipinski definition) is 1. The molecular weight excluding hydrogens is 264 g/mol. The van der Waals surface area contributed by atoms with Crippen LogP contribution in [0.4, 0.5) is 11.4 Å². The van der Waals surface area contributed by atoms with Crippen molar-refractivity contribution in [3.05, 3.63) is 53.6 Å². The summed E-state index contributed by atoms with van der Waals surface area (Å²) in [5, 5.41) is 0. The summed E-state index contributed by atoms with van der Waals surface area (Å²) in [4.78, 5) is 14.2. The Morgan fingerprint density at radius 2 is 1.90 bits per heavy atom. The maximum Gasteiger partial charge on any atom is 0.268 e. The van der Waals surface area contributed by atoms with Crippen molar-refractivity contribution in [1.82, 2.24) is 0 Å². The van der Waals surface area contributed by atoms with Crippen molar-refractivity contribution in [2.24, 2.45) is 0 Å². The number of aryl methyl sites for hydroxylation is 1. The maximum atomic E-state index is 12.4. The summed E-state index contributed by atoms with van der Waals surface area (Å²) in [6, 6.07) is 13.6. The molecule has 2 N–H and O–H groups in total. The number of amides is 1. The van der Waals surface area contributed by atoms with Crippen LogP contribution in [0.25, 0.3) is 0 Å². The molecule has 2 aromatic carbocycles. The SMILES string of the molecule is Cc1ccc(CN2C(=O)C(C)Oc3c(N)cccc32)cc1. The van der Waals surface area contributed by atoms with Gasteiger partial charge < -0.3 is 15.4 Å². The van der Waals surface area contributed by atoms with E-state index in [-0.39, 0.29) is 5.91 Å². The second kappa shape index (κ2) is 5.13. The monoisotopic (exact) mass is 282 g/mol. The molecule has 0 aliphatic carbocycles. The van der Waals surface area contributed by atoms with Crippen LogP contribution in [0.3, 0.4) is 0 Å². The minimum absolute atomic E-state index is 0.0475. The zero-order chi connectivity index (χ0) is 15.0. The molecule has 1 aliphatic rings. The fourth-order valence-electron chi connectivity index (χ4n) is 2.49. The molecule has 0 bridgehead atoms. The van der Waals surface area contributed by atoms with Crippen LogP contribution in [0, 0.1) is 6.92 Å². The number of carbonyl (C=O) groups is 1. The highest BCUT2D eigenvalue weighted by Gasteiger charge is 2.32. The third-order valence-corrected chi connectivity index (χ3v) is 3.69. The molecular formula is C17H18N2O2. The normalized spacial score (nSPS) is 17.3. The first-order valence-corrected chi connectivity index (χ1v) is 6.98. The molecule has 0 saturated heterocycles. The predicted octanol–water partition coefficient (Wildman–Crippen LogP) is 2.89. The van der Waals surface area contributed by atoms with Crippen molar-refractivity contribution in [2.75, 3.05) is 10.6 Å². The first-order valence-electron chi connectivity index (χ1n) is 6.98. The van der Waals surface area contributed by atoms with Crippen LogP contribution >= 0.6 is 0 Å². The van der Waals surface area contributed by atoms with Gasteiger partial charge >= 0.3 is 0 Å². The molecule has 0 radical (unpaired) electrons. The van der Waals surface area contributed by atoms with E-state index >= 15 is 0 Å². The van der Waals surface area contributed by atoms with Gasteiger partial charge in [-0.15, -0.1) is 0 Å². The fourth-order valence-corrected chi connectivity index (χ4v) is 2.49. The summed E-state index contributed by atoms with van der Waals surface area (Å²) >= 11 is 0. The first-order chi connectivity index (χ1) is 10.1. The van der Waals surface area contributed by atoms with E-state index in [2.05, 4.69) is 0 Å². The number of benzene rings is 2. The van der Waals surface area contributed by atoms with Crippen LogP contribution in [0.5, 0.6) is 5.75 Å². The molecule has 0 aromatic heterocycles. The van der Waals surface area contributed by atoms with Crippen LogP contribution in [0.2, 0.25) is 0 Å². The highest BCUT2D eigenvalue weighted by Crippen LogP contribution is 2.39. The molecule has 1 unspecified atom stereocenters. The number of carbonyl (C=O) groups excluding carboxylic acids is 1. The van der Waals surface area contributed by atoms with E-state index in [1.54, 1.807) is 17.9 Å². The van der Waals surface area contributed by atoms with Gasteiger partial charge in [0.2, 0.25) is 0 Å². The lowest BCUT2D eigenvalue weighted by Crippen LogP contribution is -2.44. The van der Waals surface area contributed by atoms with Crippen molar-refractivity contribution in [3.63, 3.8) is 0 Å². The van der Waals surface area contributed by atoms with Crippen molar-refractivity contribution in [3.8, 4) is 5.75 Å². The van der Waals surface area contributed by atoms with Gasteiger partial charge in [0.15, 0.2) is 11.9 Å². The van der Waals surface area contributed by atoms with E-state index in [0.717, 1.165) is 11.3 Å². The number of ether oxygens (including phenoxy) is 1. The van der Waals surface area contributed by atoms with Crippen LogP contribution in [-0.2, 0) is 11.3 Å².